The van der Waals surface area contributed by atoms with Crippen LogP contribution in [0.5, 0.6) is 0 Å². The van der Waals surface area contributed by atoms with Gasteiger partial charge in [0.15, 0.2) is 0 Å². The van der Waals surface area contributed by atoms with Gasteiger partial charge in [0.05, 0.1) is 17.4 Å². The maximum absolute atomic E-state index is 13.5. The van der Waals surface area contributed by atoms with Gasteiger partial charge < -0.3 is 4.85 Å². The molecular formula is C22H18N4O3. The molecule has 4 amide bonds. The predicted molar refractivity (Wildman–Crippen MR) is 107 cm³/mol. The zero-order valence-electron chi connectivity index (χ0n) is 15.6. The highest BCUT2D eigenvalue weighted by molar-refractivity contribution is 6.38. The van der Waals surface area contributed by atoms with E-state index in [1.165, 1.54) is 0 Å². The molecule has 3 rings (SSSR count). The molecular weight excluding hydrogens is 368 g/mol. The van der Waals surface area contributed by atoms with E-state index in [1.807, 2.05) is 6.07 Å². The second-order valence-electron chi connectivity index (χ2n) is 6.61. The largest absolute Gasteiger partial charge is 0.342 e. The molecule has 7 heteroatoms. The van der Waals surface area contributed by atoms with Crippen molar-refractivity contribution in [3.63, 3.8) is 0 Å². The van der Waals surface area contributed by atoms with E-state index in [0.29, 0.717) is 11.4 Å². The van der Waals surface area contributed by atoms with Crippen molar-refractivity contribution in [3.05, 3.63) is 72.1 Å². The molecule has 29 heavy (non-hydrogen) atoms. The Morgan fingerprint density at radius 2 is 1.34 bits per heavy atom. The highest BCUT2D eigenvalue weighted by Crippen LogP contribution is 2.41. The second-order valence-corrected chi connectivity index (χ2v) is 6.61. The van der Waals surface area contributed by atoms with Crippen LogP contribution >= 0.6 is 0 Å². The number of carbonyl (C=O) groups excluding carboxylic acids is 3. The minimum Gasteiger partial charge on any atom is -0.317 e. The summed E-state index contributed by atoms with van der Waals surface area (Å²) in [7, 11) is 0. The summed E-state index contributed by atoms with van der Waals surface area (Å²) in [6.45, 7) is 7.06. The Labute approximate surface area is 168 Å². The Hall–Kier alpha value is -3.97. The summed E-state index contributed by atoms with van der Waals surface area (Å²) < 4.78 is 0. The van der Waals surface area contributed by atoms with E-state index in [-0.39, 0.29) is 25.8 Å². The first-order valence-corrected chi connectivity index (χ1v) is 9.10. The molecule has 1 fully saturated rings. The Morgan fingerprint density at radius 1 is 0.862 bits per heavy atom. The number of anilines is 2. The Balaban J connectivity index is 2.20. The third-order valence-corrected chi connectivity index (χ3v) is 4.95. The number of para-hydroxylation sites is 2. The fourth-order valence-electron chi connectivity index (χ4n) is 3.47. The molecule has 1 heterocycles. The van der Waals surface area contributed by atoms with Crippen molar-refractivity contribution in [2.45, 2.75) is 19.3 Å². The minimum absolute atomic E-state index is 0.0467. The van der Waals surface area contributed by atoms with Gasteiger partial charge in [-0.05, 0) is 30.7 Å². The molecule has 144 valence electrons. The molecule has 0 spiro atoms. The van der Waals surface area contributed by atoms with Crippen LogP contribution in [0.25, 0.3) is 4.85 Å². The molecule has 0 bridgehead atoms. The van der Waals surface area contributed by atoms with Crippen LogP contribution in [-0.2, 0) is 9.59 Å². The van der Waals surface area contributed by atoms with Gasteiger partial charge in [0.25, 0.3) is 11.8 Å². The number of amides is 4. The van der Waals surface area contributed by atoms with Gasteiger partial charge in [-0.1, -0.05) is 36.4 Å². The van der Waals surface area contributed by atoms with E-state index in [2.05, 4.69) is 4.85 Å². The van der Waals surface area contributed by atoms with E-state index in [0.717, 1.165) is 9.80 Å². The van der Waals surface area contributed by atoms with Crippen LogP contribution in [0.15, 0.2) is 60.7 Å². The standard InChI is InChI=1S/C22H18N4O3/c1-24-16-14-22(13-8-15-23)19(27)25(17-9-4-2-5-10-17)21(29)26(20(22)28)18-11-6-3-7-12-18/h2-7,9-12H,8,13-14,16H2. The number of benzene rings is 2. The Morgan fingerprint density at radius 3 is 1.76 bits per heavy atom. The molecule has 0 saturated carbocycles. The number of urea groups is 1. The van der Waals surface area contributed by atoms with Crippen molar-refractivity contribution in [1.29, 1.82) is 5.26 Å². The summed E-state index contributed by atoms with van der Waals surface area (Å²) in [5.41, 5.74) is -0.986. The monoisotopic (exact) mass is 386 g/mol. The van der Waals surface area contributed by atoms with Crippen molar-refractivity contribution in [2.24, 2.45) is 5.41 Å². The summed E-state index contributed by atoms with van der Waals surface area (Å²) in [6, 6.07) is 17.9. The molecule has 1 aliphatic rings. The smallest absolute Gasteiger partial charge is 0.317 e. The van der Waals surface area contributed by atoms with Gasteiger partial charge in [-0.25, -0.2) is 21.2 Å². The first kappa shape index (κ1) is 19.8. The molecule has 0 aliphatic carbocycles. The summed E-state index contributed by atoms with van der Waals surface area (Å²) in [6.07, 6.45) is -0.165. The van der Waals surface area contributed by atoms with Crippen LogP contribution in [0.4, 0.5) is 16.2 Å². The minimum atomic E-state index is -1.65. The molecule has 2 aromatic rings. The van der Waals surface area contributed by atoms with Gasteiger partial charge >= 0.3 is 6.03 Å². The summed E-state index contributed by atoms with van der Waals surface area (Å²) in [5.74, 6) is -1.38. The Kier molecular flexibility index (Phi) is 5.71. The lowest BCUT2D eigenvalue weighted by Gasteiger charge is -2.43. The lowest BCUT2D eigenvalue weighted by molar-refractivity contribution is -0.141. The van der Waals surface area contributed by atoms with Crippen LogP contribution < -0.4 is 9.80 Å². The number of carbonyl (C=O) groups is 3. The highest BCUT2D eigenvalue weighted by Gasteiger charge is 2.58. The zero-order chi connectivity index (χ0) is 20.9. The molecule has 0 unspecified atom stereocenters. The fraction of sp³-hybridized carbons (Fsp3) is 0.227. The summed E-state index contributed by atoms with van der Waals surface area (Å²) >= 11 is 0. The number of rotatable bonds is 6. The molecule has 1 saturated heterocycles. The van der Waals surface area contributed by atoms with E-state index in [9.17, 15) is 14.4 Å². The van der Waals surface area contributed by atoms with Gasteiger partial charge in [-0.3, -0.25) is 9.59 Å². The van der Waals surface area contributed by atoms with Crippen molar-refractivity contribution in [2.75, 3.05) is 16.3 Å². The number of nitriles is 1. The van der Waals surface area contributed by atoms with E-state index in [1.54, 1.807) is 60.7 Å². The first-order chi connectivity index (χ1) is 14.1. The summed E-state index contributed by atoms with van der Waals surface area (Å²) in [4.78, 5) is 45.5. The number of hydrogen-bond acceptors (Lipinski definition) is 4. The molecule has 2 aromatic carbocycles. The molecule has 0 N–H and O–H groups in total. The maximum Gasteiger partial charge on any atom is 0.342 e. The second kappa shape index (κ2) is 8.37. The number of hydrogen-bond donors (Lipinski definition) is 0. The maximum atomic E-state index is 13.5. The van der Waals surface area contributed by atoms with E-state index < -0.39 is 23.3 Å². The third kappa shape index (κ3) is 3.46. The predicted octanol–water partition coefficient (Wildman–Crippen LogP) is 3.79. The van der Waals surface area contributed by atoms with Crippen molar-refractivity contribution in [3.8, 4) is 6.07 Å². The molecule has 1 aliphatic heterocycles. The topological polar surface area (TPSA) is 85.8 Å². The van der Waals surface area contributed by atoms with Crippen molar-refractivity contribution in [1.82, 2.24) is 0 Å². The molecule has 7 nitrogen and oxygen atoms in total. The molecule has 0 aromatic heterocycles. The fourth-order valence-corrected chi connectivity index (χ4v) is 3.47. The quantitative estimate of drug-likeness (QED) is 0.558. The SMILES string of the molecule is [C-]#[N+]CCC1(CCC#N)C(=O)N(c2ccccc2)C(=O)N(c2ccccc2)C1=O. The van der Waals surface area contributed by atoms with Crippen molar-refractivity contribution >= 4 is 29.2 Å². The van der Waals surface area contributed by atoms with E-state index in [4.69, 9.17) is 11.8 Å². The van der Waals surface area contributed by atoms with Crippen LogP contribution in [-0.4, -0.2) is 24.4 Å². The average molecular weight is 386 g/mol. The van der Waals surface area contributed by atoms with Crippen LogP contribution in [0, 0.1) is 23.3 Å². The number of barbiturate groups is 1. The van der Waals surface area contributed by atoms with Crippen LogP contribution in [0.3, 0.4) is 0 Å². The highest BCUT2D eigenvalue weighted by atomic mass is 16.2. The molecule has 0 atom stereocenters. The third-order valence-electron chi connectivity index (χ3n) is 4.95. The molecule has 0 radical (unpaired) electrons. The summed E-state index contributed by atoms with van der Waals surface area (Å²) in [5, 5.41) is 9.10. The van der Waals surface area contributed by atoms with Gasteiger partial charge in [0.2, 0.25) is 6.54 Å². The lowest BCUT2D eigenvalue weighted by atomic mass is 9.75. The van der Waals surface area contributed by atoms with Crippen molar-refractivity contribution < 1.29 is 14.4 Å². The van der Waals surface area contributed by atoms with Crippen LogP contribution in [0.2, 0.25) is 0 Å². The first-order valence-electron chi connectivity index (χ1n) is 9.10. The lowest BCUT2D eigenvalue weighted by Crippen LogP contribution is -2.66. The average Bonchev–Trinajstić information content (AvgIpc) is 2.75. The normalized spacial score (nSPS) is 15.7. The van der Waals surface area contributed by atoms with E-state index >= 15 is 0 Å². The van der Waals surface area contributed by atoms with Gasteiger partial charge in [-0.15, -0.1) is 0 Å². The number of imide groups is 2. The zero-order valence-corrected chi connectivity index (χ0v) is 15.6. The van der Waals surface area contributed by atoms with Gasteiger partial charge in [0.1, 0.15) is 5.41 Å². The Bertz CT molecular complexity index is 924. The number of nitrogens with zero attached hydrogens (tertiary/aromatic N) is 4. The van der Waals surface area contributed by atoms with Crippen LogP contribution in [0.1, 0.15) is 19.3 Å². The van der Waals surface area contributed by atoms with Gasteiger partial charge in [-0.2, -0.15) is 5.26 Å². The van der Waals surface area contributed by atoms with Gasteiger partial charge in [0, 0.05) is 12.8 Å².